The Balaban J connectivity index is 2.62. The van der Waals surface area contributed by atoms with Gasteiger partial charge in [0.15, 0.2) is 0 Å². The van der Waals surface area contributed by atoms with Crippen molar-refractivity contribution in [1.82, 2.24) is 0 Å². The zero-order chi connectivity index (χ0) is 10.6. The minimum absolute atomic E-state index is 0.290. The molecular weight excluding hydrogens is 249 g/mol. The van der Waals surface area contributed by atoms with E-state index in [1.165, 1.54) is 12.1 Å². The number of hydrogen-bond donors (Lipinski definition) is 2. The monoisotopic (exact) mass is 261 g/mol. The first-order valence-corrected chi connectivity index (χ1v) is 5.29. The third-order valence-electron chi connectivity index (χ3n) is 1.93. The average Bonchev–Trinajstić information content (AvgIpc) is 2.19. The van der Waals surface area contributed by atoms with Gasteiger partial charge in [0.25, 0.3) is 0 Å². The number of hydrogen-bond acceptors (Lipinski definition) is 2. The van der Waals surface area contributed by atoms with Crippen molar-refractivity contribution in [2.45, 2.75) is 19.4 Å². The molecule has 0 aliphatic heterocycles. The van der Waals surface area contributed by atoms with Crippen molar-refractivity contribution in [2.24, 2.45) is 0 Å². The van der Waals surface area contributed by atoms with E-state index in [0.717, 1.165) is 4.47 Å². The second-order valence-corrected chi connectivity index (χ2v) is 3.92. The Morgan fingerprint density at radius 2 is 2.29 bits per heavy atom. The fourth-order valence-electron chi connectivity index (χ4n) is 1.01. The molecule has 0 spiro atoms. The first-order chi connectivity index (χ1) is 6.63. The lowest BCUT2D eigenvalue weighted by atomic mass is 10.2. The van der Waals surface area contributed by atoms with E-state index in [2.05, 4.69) is 21.2 Å². The van der Waals surface area contributed by atoms with Crippen molar-refractivity contribution in [2.75, 3.05) is 11.9 Å². The summed E-state index contributed by atoms with van der Waals surface area (Å²) in [5.41, 5.74) is 0.664. The summed E-state index contributed by atoms with van der Waals surface area (Å²) in [5.74, 6) is -0.290. The van der Waals surface area contributed by atoms with Crippen LogP contribution in [-0.2, 0) is 0 Å². The highest BCUT2D eigenvalue weighted by atomic mass is 79.9. The normalized spacial score (nSPS) is 12.6. The predicted octanol–water partition coefficient (Wildman–Crippen LogP) is 2.77. The van der Waals surface area contributed by atoms with E-state index in [4.69, 9.17) is 0 Å². The van der Waals surface area contributed by atoms with E-state index in [1.807, 2.05) is 6.92 Å². The van der Waals surface area contributed by atoms with Crippen LogP contribution in [0.2, 0.25) is 0 Å². The average molecular weight is 262 g/mol. The summed E-state index contributed by atoms with van der Waals surface area (Å²) in [6.07, 6.45) is 0.282. The van der Waals surface area contributed by atoms with Crippen LogP contribution < -0.4 is 5.32 Å². The molecule has 0 amide bonds. The molecule has 1 aromatic carbocycles. The number of nitrogens with one attached hydrogen (secondary N) is 1. The van der Waals surface area contributed by atoms with Crippen molar-refractivity contribution in [3.05, 3.63) is 28.5 Å². The summed E-state index contributed by atoms with van der Waals surface area (Å²) in [5, 5.41) is 12.3. The Morgan fingerprint density at radius 1 is 1.57 bits per heavy atom. The van der Waals surface area contributed by atoms with Gasteiger partial charge in [-0.15, -0.1) is 0 Å². The molecule has 14 heavy (non-hydrogen) atoms. The molecule has 2 nitrogen and oxygen atoms in total. The number of rotatable bonds is 4. The molecule has 0 heterocycles. The zero-order valence-electron chi connectivity index (χ0n) is 7.93. The minimum atomic E-state index is -0.398. The standard InChI is InChI=1S/C10H13BrFNO/c1-2-8(14)6-13-10-5-7(12)3-4-9(10)11/h3-5,8,13-14H,2,6H2,1H3/t8-/m0/s1. The van der Waals surface area contributed by atoms with Gasteiger partial charge in [-0.1, -0.05) is 6.92 Å². The van der Waals surface area contributed by atoms with Crippen molar-refractivity contribution >= 4 is 21.6 Å². The number of anilines is 1. The van der Waals surface area contributed by atoms with Crippen molar-refractivity contribution in [3.63, 3.8) is 0 Å². The van der Waals surface area contributed by atoms with Crippen LogP contribution >= 0.6 is 15.9 Å². The summed E-state index contributed by atoms with van der Waals surface area (Å²) in [6, 6.07) is 4.41. The van der Waals surface area contributed by atoms with E-state index in [-0.39, 0.29) is 5.82 Å². The van der Waals surface area contributed by atoms with Crippen LogP contribution in [0.1, 0.15) is 13.3 Å². The summed E-state index contributed by atoms with van der Waals surface area (Å²) in [7, 11) is 0. The lowest BCUT2D eigenvalue weighted by Gasteiger charge is -2.11. The topological polar surface area (TPSA) is 32.3 Å². The van der Waals surface area contributed by atoms with E-state index < -0.39 is 6.10 Å². The highest BCUT2D eigenvalue weighted by Crippen LogP contribution is 2.22. The quantitative estimate of drug-likeness (QED) is 0.874. The first-order valence-electron chi connectivity index (χ1n) is 4.50. The van der Waals surface area contributed by atoms with E-state index >= 15 is 0 Å². The second-order valence-electron chi connectivity index (χ2n) is 3.07. The van der Waals surface area contributed by atoms with Crippen LogP contribution in [0, 0.1) is 5.82 Å². The summed E-state index contributed by atoms with van der Waals surface area (Å²) in [6.45, 7) is 2.32. The molecular formula is C10H13BrFNO. The number of aliphatic hydroxyl groups excluding tert-OH is 1. The molecule has 0 aromatic heterocycles. The van der Waals surface area contributed by atoms with Crippen LogP contribution in [0.25, 0.3) is 0 Å². The van der Waals surface area contributed by atoms with E-state index in [9.17, 15) is 9.50 Å². The Bertz CT molecular complexity index is 306. The summed E-state index contributed by atoms with van der Waals surface area (Å²) < 4.78 is 13.6. The Kier molecular flexibility index (Phi) is 4.35. The fourth-order valence-corrected chi connectivity index (χ4v) is 1.39. The maximum absolute atomic E-state index is 12.8. The third-order valence-corrected chi connectivity index (χ3v) is 2.62. The first kappa shape index (κ1) is 11.5. The molecule has 0 aliphatic rings. The van der Waals surface area contributed by atoms with Gasteiger partial charge in [-0.05, 0) is 40.5 Å². The fraction of sp³-hybridized carbons (Fsp3) is 0.400. The molecule has 0 unspecified atom stereocenters. The Morgan fingerprint density at radius 3 is 2.93 bits per heavy atom. The molecule has 1 atom stereocenters. The van der Waals surface area contributed by atoms with Gasteiger partial charge in [-0.25, -0.2) is 4.39 Å². The highest BCUT2D eigenvalue weighted by Gasteiger charge is 2.04. The molecule has 78 valence electrons. The van der Waals surface area contributed by atoms with E-state index in [0.29, 0.717) is 18.7 Å². The van der Waals surface area contributed by atoms with Gasteiger partial charge < -0.3 is 10.4 Å². The van der Waals surface area contributed by atoms with Crippen molar-refractivity contribution < 1.29 is 9.50 Å². The SMILES string of the molecule is CC[C@H](O)CNc1cc(F)ccc1Br. The van der Waals surface area contributed by atoms with Gasteiger partial charge in [-0.2, -0.15) is 0 Å². The van der Waals surface area contributed by atoms with Gasteiger partial charge in [0.1, 0.15) is 5.82 Å². The lowest BCUT2D eigenvalue weighted by Crippen LogP contribution is -2.18. The molecule has 0 aliphatic carbocycles. The number of aliphatic hydroxyl groups is 1. The summed E-state index contributed by atoms with van der Waals surface area (Å²) in [4.78, 5) is 0. The van der Waals surface area contributed by atoms with Crippen LogP contribution in [0.3, 0.4) is 0 Å². The van der Waals surface area contributed by atoms with Crippen LogP contribution in [0.15, 0.2) is 22.7 Å². The molecule has 2 N–H and O–H groups in total. The molecule has 4 heteroatoms. The summed E-state index contributed by atoms with van der Waals surface area (Å²) >= 11 is 3.29. The van der Waals surface area contributed by atoms with Crippen LogP contribution in [0.5, 0.6) is 0 Å². The van der Waals surface area contributed by atoms with Gasteiger partial charge in [0, 0.05) is 11.0 Å². The molecule has 0 saturated heterocycles. The Labute approximate surface area is 91.3 Å². The maximum atomic E-state index is 12.8. The van der Waals surface area contributed by atoms with Gasteiger partial charge in [0.2, 0.25) is 0 Å². The van der Waals surface area contributed by atoms with Crippen molar-refractivity contribution in [3.8, 4) is 0 Å². The third kappa shape index (κ3) is 3.27. The molecule has 0 bridgehead atoms. The predicted molar refractivity (Wildman–Crippen MR) is 58.9 cm³/mol. The largest absolute Gasteiger partial charge is 0.391 e. The van der Waals surface area contributed by atoms with Crippen LogP contribution in [-0.4, -0.2) is 17.8 Å². The van der Waals surface area contributed by atoms with Crippen molar-refractivity contribution in [1.29, 1.82) is 0 Å². The molecule has 0 fully saturated rings. The van der Waals surface area contributed by atoms with Crippen LogP contribution in [0.4, 0.5) is 10.1 Å². The molecule has 1 rings (SSSR count). The minimum Gasteiger partial charge on any atom is -0.391 e. The highest BCUT2D eigenvalue weighted by molar-refractivity contribution is 9.10. The Hall–Kier alpha value is -0.610. The second kappa shape index (κ2) is 5.32. The van der Waals surface area contributed by atoms with Gasteiger partial charge in [0.05, 0.1) is 11.8 Å². The smallest absolute Gasteiger partial charge is 0.125 e. The zero-order valence-corrected chi connectivity index (χ0v) is 9.51. The maximum Gasteiger partial charge on any atom is 0.125 e. The van der Waals surface area contributed by atoms with Gasteiger partial charge >= 0.3 is 0 Å². The van der Waals surface area contributed by atoms with Gasteiger partial charge in [-0.3, -0.25) is 0 Å². The molecule has 0 saturated carbocycles. The lowest BCUT2D eigenvalue weighted by molar-refractivity contribution is 0.183. The number of benzene rings is 1. The molecule has 1 aromatic rings. The van der Waals surface area contributed by atoms with E-state index in [1.54, 1.807) is 6.07 Å². The molecule has 0 radical (unpaired) electrons. The number of halogens is 2.